The quantitative estimate of drug-likeness (QED) is 0.0344. The molecule has 6 aliphatic heterocycles. The summed E-state index contributed by atoms with van der Waals surface area (Å²) in [6.45, 7) is 6.93. The topological polar surface area (TPSA) is 539 Å². The lowest BCUT2D eigenvalue weighted by Crippen LogP contribution is -2.72. The van der Waals surface area contributed by atoms with Crippen molar-refractivity contribution in [2.24, 2.45) is 50.2 Å². The van der Waals surface area contributed by atoms with Crippen molar-refractivity contribution in [1.82, 2.24) is 0 Å². The van der Waals surface area contributed by atoms with Crippen molar-refractivity contribution < 1.29 is 168 Å². The second-order valence-corrected chi connectivity index (χ2v) is 31.2. The number of esters is 2. The lowest BCUT2D eigenvalue weighted by Gasteiger charge is -2.72. The molecule has 99 heavy (non-hydrogen) atoms. The van der Waals surface area contributed by atoms with Gasteiger partial charge >= 0.3 is 11.9 Å². The Labute approximate surface area is 570 Å². The fourth-order valence-corrected chi connectivity index (χ4v) is 19.2. The second kappa shape index (κ2) is 29.0. The van der Waals surface area contributed by atoms with E-state index in [-0.39, 0.29) is 25.2 Å². The summed E-state index contributed by atoms with van der Waals surface area (Å²) >= 11 is 0. The van der Waals surface area contributed by atoms with Gasteiger partial charge in [0.25, 0.3) is 0 Å². The molecular formula is C65H104O34. The molecule has 4 saturated carbocycles. The Balaban J connectivity index is 0.820. The van der Waals surface area contributed by atoms with Crippen molar-refractivity contribution >= 4 is 11.9 Å². The van der Waals surface area contributed by atoms with Gasteiger partial charge in [-0.15, -0.1) is 0 Å². The molecule has 0 bridgehead atoms. The Hall–Kier alpha value is -2.52. The first-order chi connectivity index (χ1) is 46.5. The van der Waals surface area contributed by atoms with Gasteiger partial charge < -0.3 is 159 Å². The van der Waals surface area contributed by atoms with Crippen molar-refractivity contribution in [3.8, 4) is 0 Å². The molecule has 6 saturated heterocycles. The van der Waals surface area contributed by atoms with Crippen LogP contribution >= 0.6 is 0 Å². The second-order valence-electron chi connectivity index (χ2n) is 31.2. The van der Waals surface area contributed by atoms with E-state index >= 15 is 4.79 Å². The van der Waals surface area contributed by atoms with Gasteiger partial charge in [0.1, 0.15) is 109 Å². The summed E-state index contributed by atoms with van der Waals surface area (Å²) in [4.78, 5) is 28.5. The standard InChI is InChI=1S/C65H104O34/c1-25-45(94-52-43(82)46(31(74)20-87-52)95-57-50(84)64(86,23-70)24-89-57)42(81)49(91-26(2)71)56(90-25)97-48-37(76)30(73)19-88-55(48)99-58(85)65-13-12-59(3,4)14-28(65)27-8-9-34-60(5)15-29(72)51(63(21-68,22-69)35(60)10-11-61(34,6)62(27,7)16-36(65)75)98-54-44(83)47(39(78)33(18-67)93-54)96-53-41(80)40(79)38(77)32(17-66)92-53/h8,25,28-57,66-70,72-84,86H,9-24H2,1-7H3/t25-,28-,29-,30-,31+,32+,33+,34+,35+,36+,37-,38+,39+,40-,41+,42+,43+,44+,45-,46-,47-,48+,49+,50-,51-,52-,53-,54-,55-,56-,57-,60+,61+,62+,64+,65+/m0/s1. The Morgan fingerprint density at radius 1 is 0.535 bits per heavy atom. The van der Waals surface area contributed by atoms with E-state index in [0.717, 1.165) is 12.5 Å². The molecule has 34 heteroatoms. The summed E-state index contributed by atoms with van der Waals surface area (Å²) < 4.78 is 76.5. The minimum Gasteiger partial charge on any atom is -0.454 e. The number of carbonyl (C=O) groups excluding carboxylic acids is 2. The molecule has 0 aromatic heterocycles. The molecule has 36 atom stereocenters. The van der Waals surface area contributed by atoms with Crippen LogP contribution in [0.3, 0.4) is 0 Å². The molecular weight excluding hydrogens is 1320 g/mol. The zero-order chi connectivity index (χ0) is 72.3. The third-order valence-corrected chi connectivity index (χ3v) is 25.0. The summed E-state index contributed by atoms with van der Waals surface area (Å²) in [5.74, 6) is -3.56. The lowest BCUT2D eigenvalue weighted by molar-refractivity contribution is -0.377. The van der Waals surface area contributed by atoms with Crippen LogP contribution in [0.15, 0.2) is 11.6 Å². The number of allylic oxidation sites excluding steroid dienone is 2. The number of aliphatic hydroxyl groups excluding tert-OH is 18. The molecule has 34 nitrogen and oxygen atoms in total. The minimum atomic E-state index is -2.11. The molecule has 0 amide bonds. The van der Waals surface area contributed by atoms with Crippen LogP contribution in [0.5, 0.6) is 0 Å². The van der Waals surface area contributed by atoms with Crippen LogP contribution in [0.2, 0.25) is 0 Å². The predicted octanol–water partition coefficient (Wildman–Crippen LogP) is -6.98. The third kappa shape index (κ3) is 13.1. The van der Waals surface area contributed by atoms with Gasteiger partial charge in [0.2, 0.25) is 6.29 Å². The maximum atomic E-state index is 15.7. The van der Waals surface area contributed by atoms with Crippen molar-refractivity contribution in [2.45, 2.75) is 277 Å². The van der Waals surface area contributed by atoms with Gasteiger partial charge in [-0.2, -0.15) is 0 Å². The van der Waals surface area contributed by atoms with Crippen LogP contribution in [-0.4, -0.2) is 339 Å². The highest BCUT2D eigenvalue weighted by Gasteiger charge is 2.74. The highest BCUT2D eigenvalue weighted by molar-refractivity contribution is 5.80. The number of rotatable bonds is 18. The van der Waals surface area contributed by atoms with E-state index < -0.39 is 287 Å². The minimum absolute atomic E-state index is 0.00364. The largest absolute Gasteiger partial charge is 0.454 e. The Morgan fingerprint density at radius 3 is 1.78 bits per heavy atom. The van der Waals surface area contributed by atoms with E-state index in [1.54, 1.807) is 0 Å². The number of hydrogen-bond donors (Lipinski definition) is 19. The van der Waals surface area contributed by atoms with Gasteiger partial charge in [-0.05, 0) is 97.7 Å². The number of ether oxygens (including phenoxy) is 13. The number of carbonyl (C=O) groups is 2. The fourth-order valence-electron chi connectivity index (χ4n) is 19.2. The summed E-state index contributed by atoms with van der Waals surface area (Å²) in [7, 11) is 0. The highest BCUT2D eigenvalue weighted by atomic mass is 16.8. The maximum absolute atomic E-state index is 15.7. The molecule has 568 valence electrons. The average molecular weight is 1430 g/mol. The molecule has 11 aliphatic rings. The van der Waals surface area contributed by atoms with Crippen LogP contribution < -0.4 is 0 Å². The fraction of sp³-hybridized carbons (Fsp3) is 0.938. The summed E-state index contributed by atoms with van der Waals surface area (Å²) in [6.07, 6.45) is -44.0. The molecule has 10 fully saturated rings. The van der Waals surface area contributed by atoms with E-state index in [4.69, 9.17) is 61.6 Å². The van der Waals surface area contributed by atoms with Gasteiger partial charge in [0.15, 0.2) is 43.7 Å². The number of fused-ring (bicyclic) bond motifs is 7. The van der Waals surface area contributed by atoms with Gasteiger partial charge in [-0.25, -0.2) is 0 Å². The first-order valence-electron chi connectivity index (χ1n) is 34.3. The Morgan fingerprint density at radius 2 is 1.14 bits per heavy atom. The van der Waals surface area contributed by atoms with Crippen molar-refractivity contribution in [2.75, 3.05) is 52.9 Å². The molecule has 11 rings (SSSR count). The normalized spacial score (nSPS) is 52.7. The molecule has 0 aromatic rings. The zero-order valence-corrected chi connectivity index (χ0v) is 56.4. The van der Waals surface area contributed by atoms with Crippen LogP contribution in [0.1, 0.15) is 99.8 Å². The number of aliphatic hydroxyl groups is 19. The van der Waals surface area contributed by atoms with Gasteiger partial charge in [-0.3, -0.25) is 9.59 Å². The average Bonchev–Trinajstić information content (AvgIpc) is 1.38. The molecule has 5 aliphatic carbocycles. The first-order valence-corrected chi connectivity index (χ1v) is 34.3. The first kappa shape index (κ1) is 77.6. The van der Waals surface area contributed by atoms with Crippen LogP contribution in [0.25, 0.3) is 0 Å². The molecule has 0 spiro atoms. The van der Waals surface area contributed by atoms with Gasteiger partial charge in [-0.1, -0.05) is 46.3 Å². The Kier molecular flexibility index (Phi) is 22.7. The maximum Gasteiger partial charge on any atom is 0.317 e. The van der Waals surface area contributed by atoms with E-state index in [1.807, 2.05) is 6.92 Å². The van der Waals surface area contributed by atoms with Crippen LogP contribution in [0, 0.1) is 50.2 Å². The highest BCUT2D eigenvalue weighted by Crippen LogP contribution is 2.76. The molecule has 19 N–H and O–H groups in total. The molecule has 0 unspecified atom stereocenters. The third-order valence-electron chi connectivity index (χ3n) is 25.0. The van der Waals surface area contributed by atoms with E-state index in [2.05, 4.69) is 33.8 Å². The summed E-state index contributed by atoms with van der Waals surface area (Å²) in [6, 6.07) is 0. The van der Waals surface area contributed by atoms with Gasteiger partial charge in [0.05, 0.1) is 77.3 Å². The SMILES string of the molecule is CC(=O)O[C@H]1[C@H](O[C@H]2[C@H](OC(=O)[C@]34CCC(C)(C)C[C@H]3C3=CC[C@@H]5[C@@]6(C)C[C@H](O)[C@H](O[C@@H]7O[C@H](CO)[C@@H](O)[C@H](O[C@@H]8O[C@H](CO)[C@@H](O)[C@H](O)[C@H]8O)[C@H]7O)C(CO)(CO)[C@@H]6CC[C@@]5(C)[C@]3(C)C[C@H]4O)OC[C@H](O)[C@@H]2O)O[C@@H](C)[C@H](O[C@@H]2OC[C@@H](O)[C@H](O[C@@H]3OC[C@](O)(CO)[C@H]3O)[C@H]2O)[C@H]1O. The van der Waals surface area contributed by atoms with Crippen LogP contribution in [-0.2, 0) is 71.2 Å². The van der Waals surface area contributed by atoms with Crippen LogP contribution in [0.4, 0.5) is 0 Å². The molecule has 0 aromatic carbocycles. The number of hydrogen-bond acceptors (Lipinski definition) is 34. The monoisotopic (exact) mass is 1430 g/mol. The van der Waals surface area contributed by atoms with E-state index in [0.29, 0.717) is 32.1 Å². The molecule has 6 heterocycles. The van der Waals surface area contributed by atoms with Crippen molar-refractivity contribution in [3.63, 3.8) is 0 Å². The van der Waals surface area contributed by atoms with Crippen molar-refractivity contribution in [3.05, 3.63) is 11.6 Å². The smallest absolute Gasteiger partial charge is 0.317 e. The molecule has 0 radical (unpaired) electrons. The lowest BCUT2D eigenvalue weighted by atomic mass is 9.33. The van der Waals surface area contributed by atoms with E-state index in [9.17, 15) is 102 Å². The van der Waals surface area contributed by atoms with E-state index in [1.165, 1.54) is 6.92 Å². The van der Waals surface area contributed by atoms with Crippen molar-refractivity contribution in [1.29, 1.82) is 0 Å². The van der Waals surface area contributed by atoms with Gasteiger partial charge in [0, 0.05) is 12.3 Å². The Bertz CT molecular complexity index is 2830. The predicted molar refractivity (Wildman–Crippen MR) is 324 cm³/mol. The zero-order valence-electron chi connectivity index (χ0n) is 56.4. The summed E-state index contributed by atoms with van der Waals surface area (Å²) in [5.41, 5.74) is -7.54. The summed E-state index contributed by atoms with van der Waals surface area (Å²) in [5, 5.41) is 212.